The molecule has 0 N–H and O–H groups in total. The molecular formula is C65H112O6. The van der Waals surface area contributed by atoms with Gasteiger partial charge in [0.2, 0.25) is 0 Å². The van der Waals surface area contributed by atoms with Gasteiger partial charge in [-0.05, 0) is 83.5 Å². The number of allylic oxidation sites excluding steroid dienone is 14. The second-order valence-electron chi connectivity index (χ2n) is 19.9. The third-order valence-corrected chi connectivity index (χ3v) is 12.9. The number of hydrogen-bond acceptors (Lipinski definition) is 6. The first-order chi connectivity index (χ1) is 35.0. The van der Waals surface area contributed by atoms with Crippen molar-refractivity contribution in [2.75, 3.05) is 13.2 Å². The summed E-state index contributed by atoms with van der Waals surface area (Å²) in [6.45, 7) is 6.48. The highest BCUT2D eigenvalue weighted by Crippen LogP contribution is 2.16. The largest absolute Gasteiger partial charge is 0.462 e. The van der Waals surface area contributed by atoms with Crippen molar-refractivity contribution in [3.05, 3.63) is 85.1 Å². The topological polar surface area (TPSA) is 78.9 Å². The highest BCUT2D eigenvalue weighted by atomic mass is 16.6. The fourth-order valence-corrected chi connectivity index (χ4v) is 8.41. The molecule has 0 saturated carbocycles. The molecule has 0 radical (unpaired) electrons. The first-order valence-electron chi connectivity index (χ1n) is 30.1. The summed E-state index contributed by atoms with van der Waals surface area (Å²) in [6.07, 6.45) is 77.3. The highest BCUT2D eigenvalue weighted by molar-refractivity contribution is 5.71. The Morgan fingerprint density at radius 1 is 0.296 bits per heavy atom. The van der Waals surface area contributed by atoms with Crippen LogP contribution in [0, 0.1) is 0 Å². The van der Waals surface area contributed by atoms with Crippen molar-refractivity contribution in [2.24, 2.45) is 0 Å². The summed E-state index contributed by atoms with van der Waals surface area (Å²) in [5, 5.41) is 0. The molecule has 6 heteroatoms. The third-order valence-electron chi connectivity index (χ3n) is 12.9. The molecule has 0 amide bonds. The molecule has 71 heavy (non-hydrogen) atoms. The van der Waals surface area contributed by atoms with Crippen LogP contribution in [-0.2, 0) is 28.6 Å². The minimum Gasteiger partial charge on any atom is -0.462 e. The van der Waals surface area contributed by atoms with Gasteiger partial charge in [0, 0.05) is 19.3 Å². The third kappa shape index (κ3) is 57.4. The number of esters is 3. The first-order valence-corrected chi connectivity index (χ1v) is 30.1. The van der Waals surface area contributed by atoms with Gasteiger partial charge < -0.3 is 14.2 Å². The summed E-state index contributed by atoms with van der Waals surface area (Å²) in [6, 6.07) is 0. The van der Waals surface area contributed by atoms with Gasteiger partial charge in [-0.2, -0.15) is 0 Å². The molecule has 0 bridgehead atoms. The summed E-state index contributed by atoms with van der Waals surface area (Å²) in [4.78, 5) is 38.2. The number of unbranched alkanes of at least 4 members (excludes halogenated alkanes) is 29. The van der Waals surface area contributed by atoms with Gasteiger partial charge in [0.25, 0.3) is 0 Å². The predicted octanol–water partition coefficient (Wildman–Crippen LogP) is 20.3. The van der Waals surface area contributed by atoms with Crippen molar-refractivity contribution in [2.45, 2.75) is 297 Å². The molecule has 0 aromatic carbocycles. The molecule has 0 saturated heterocycles. The van der Waals surface area contributed by atoms with E-state index in [1.165, 1.54) is 154 Å². The van der Waals surface area contributed by atoms with E-state index in [1.807, 2.05) is 6.08 Å². The molecule has 1 atom stereocenters. The molecule has 0 aromatic rings. The van der Waals surface area contributed by atoms with E-state index in [-0.39, 0.29) is 31.6 Å². The molecular weight excluding hydrogens is 877 g/mol. The first kappa shape index (κ1) is 67.6. The molecule has 0 unspecified atom stereocenters. The zero-order valence-electron chi connectivity index (χ0n) is 46.7. The Bertz CT molecular complexity index is 1370. The number of carbonyl (C=O) groups excluding carboxylic acids is 3. The fraction of sp³-hybridized carbons (Fsp3) is 0.738. The van der Waals surface area contributed by atoms with Gasteiger partial charge in [-0.3, -0.25) is 14.4 Å². The van der Waals surface area contributed by atoms with Crippen molar-refractivity contribution >= 4 is 17.9 Å². The molecule has 0 aliphatic carbocycles. The van der Waals surface area contributed by atoms with Crippen LogP contribution in [0.15, 0.2) is 85.1 Å². The summed E-state index contributed by atoms with van der Waals surface area (Å²) >= 11 is 0. The molecule has 0 spiro atoms. The molecule has 0 rings (SSSR count). The Hall–Kier alpha value is -3.41. The van der Waals surface area contributed by atoms with E-state index in [1.54, 1.807) is 0 Å². The maximum Gasteiger partial charge on any atom is 0.306 e. The van der Waals surface area contributed by atoms with Crippen LogP contribution >= 0.6 is 0 Å². The molecule has 0 aliphatic rings. The molecule has 408 valence electrons. The van der Waals surface area contributed by atoms with Crippen LogP contribution in [0.4, 0.5) is 0 Å². The average Bonchev–Trinajstić information content (AvgIpc) is 3.37. The lowest BCUT2D eigenvalue weighted by Crippen LogP contribution is -2.30. The molecule has 0 aromatic heterocycles. The van der Waals surface area contributed by atoms with E-state index in [9.17, 15) is 14.4 Å². The maximum atomic E-state index is 12.8. The summed E-state index contributed by atoms with van der Waals surface area (Å²) < 4.78 is 16.8. The van der Waals surface area contributed by atoms with E-state index in [0.29, 0.717) is 19.3 Å². The molecule has 0 aliphatic heterocycles. The van der Waals surface area contributed by atoms with Gasteiger partial charge in [0.1, 0.15) is 13.2 Å². The van der Waals surface area contributed by atoms with Crippen molar-refractivity contribution in [1.29, 1.82) is 0 Å². The fourth-order valence-electron chi connectivity index (χ4n) is 8.41. The smallest absolute Gasteiger partial charge is 0.306 e. The zero-order valence-corrected chi connectivity index (χ0v) is 46.7. The van der Waals surface area contributed by atoms with Crippen LogP contribution in [0.5, 0.6) is 0 Å². The molecule has 6 nitrogen and oxygen atoms in total. The van der Waals surface area contributed by atoms with Gasteiger partial charge in [-0.25, -0.2) is 0 Å². The average molecular weight is 990 g/mol. The standard InChI is InChI=1S/C65H112O6/c1-4-7-10-13-16-19-22-25-28-30-32-34-37-40-43-46-49-52-55-58-64(67)70-61-62(60-69-63(66)57-54-51-48-45-42-39-36-27-24-21-18-15-12-9-6-3)71-65(68)59-56-53-50-47-44-41-38-35-33-31-29-26-23-20-17-14-11-8-5-2/h8,11,17,20,26-27,29,33,35-36,41,44,50,53,62H,4-7,9-10,12-16,18-19,21-25,28,30-32,34,37-40,42-43,45-49,51-52,54-61H2,1-3H3/b11-8-,20-17-,29-26-,35-33-,36-27-,44-41-,53-50-/t62-/m1/s1. The van der Waals surface area contributed by atoms with Crippen molar-refractivity contribution in [1.82, 2.24) is 0 Å². The summed E-state index contributed by atoms with van der Waals surface area (Å²) in [5.74, 6) is -0.990. The lowest BCUT2D eigenvalue weighted by molar-refractivity contribution is -0.166. The maximum absolute atomic E-state index is 12.8. The van der Waals surface area contributed by atoms with Crippen LogP contribution in [0.2, 0.25) is 0 Å². The van der Waals surface area contributed by atoms with Crippen molar-refractivity contribution < 1.29 is 28.6 Å². The summed E-state index contributed by atoms with van der Waals surface area (Å²) in [5.41, 5.74) is 0. The predicted molar refractivity (Wildman–Crippen MR) is 307 cm³/mol. The zero-order chi connectivity index (χ0) is 51.4. The van der Waals surface area contributed by atoms with Crippen LogP contribution in [0.3, 0.4) is 0 Å². The van der Waals surface area contributed by atoms with Crippen LogP contribution in [-0.4, -0.2) is 37.2 Å². The SMILES string of the molecule is CC/C=C\C/C=C\C/C=C\C/C=C\C/C=C\C/C=C\CCC(=O)O[C@H](COC(=O)CCCCCCC/C=C\CCCCCCCC)COC(=O)CCCCCCCCCCCCCCCCCCCCC. The van der Waals surface area contributed by atoms with E-state index in [2.05, 4.69) is 99.8 Å². The normalized spacial score (nSPS) is 12.7. The van der Waals surface area contributed by atoms with Crippen LogP contribution in [0.1, 0.15) is 290 Å². The quantitative estimate of drug-likeness (QED) is 0.0261. The lowest BCUT2D eigenvalue weighted by atomic mass is 10.0. The van der Waals surface area contributed by atoms with Gasteiger partial charge in [0.05, 0.1) is 0 Å². The Balaban J connectivity index is 4.47. The van der Waals surface area contributed by atoms with E-state index in [4.69, 9.17) is 14.2 Å². The lowest BCUT2D eigenvalue weighted by Gasteiger charge is -2.18. The van der Waals surface area contributed by atoms with E-state index >= 15 is 0 Å². The second kappa shape index (κ2) is 59.2. The number of carbonyl (C=O) groups is 3. The second-order valence-corrected chi connectivity index (χ2v) is 19.9. The monoisotopic (exact) mass is 989 g/mol. The van der Waals surface area contributed by atoms with Crippen LogP contribution < -0.4 is 0 Å². The van der Waals surface area contributed by atoms with Crippen LogP contribution in [0.25, 0.3) is 0 Å². The van der Waals surface area contributed by atoms with Crippen molar-refractivity contribution in [3.8, 4) is 0 Å². The Morgan fingerprint density at radius 3 is 0.915 bits per heavy atom. The van der Waals surface area contributed by atoms with E-state index < -0.39 is 12.1 Å². The number of ether oxygens (including phenoxy) is 3. The van der Waals surface area contributed by atoms with Gasteiger partial charge in [0.15, 0.2) is 6.10 Å². The van der Waals surface area contributed by atoms with Gasteiger partial charge in [-0.1, -0.05) is 273 Å². The minimum atomic E-state index is -0.820. The van der Waals surface area contributed by atoms with Crippen molar-refractivity contribution in [3.63, 3.8) is 0 Å². The molecule has 0 fully saturated rings. The summed E-state index contributed by atoms with van der Waals surface area (Å²) in [7, 11) is 0. The Labute approximate surface area is 439 Å². The Kier molecular flexibility index (Phi) is 56.3. The molecule has 0 heterocycles. The highest BCUT2D eigenvalue weighted by Gasteiger charge is 2.19. The Morgan fingerprint density at radius 2 is 0.577 bits per heavy atom. The number of rotatable bonds is 54. The van der Waals surface area contributed by atoms with E-state index in [0.717, 1.165) is 89.9 Å². The van der Waals surface area contributed by atoms with Gasteiger partial charge >= 0.3 is 17.9 Å². The van der Waals surface area contributed by atoms with Gasteiger partial charge in [-0.15, -0.1) is 0 Å². The minimum absolute atomic E-state index is 0.107. The number of hydrogen-bond donors (Lipinski definition) is 0.